The van der Waals surface area contributed by atoms with Crippen LogP contribution < -0.4 is 0 Å². The van der Waals surface area contributed by atoms with Crippen LogP contribution in [0.3, 0.4) is 0 Å². The summed E-state index contributed by atoms with van der Waals surface area (Å²) in [4.78, 5) is 16.5. The Labute approximate surface area is 112 Å². The molecule has 0 saturated carbocycles. The van der Waals surface area contributed by atoms with Gasteiger partial charge in [-0.25, -0.2) is 4.98 Å². The number of methoxy groups -OCH3 is 1. The van der Waals surface area contributed by atoms with E-state index in [1.54, 1.807) is 22.7 Å². The van der Waals surface area contributed by atoms with Gasteiger partial charge in [-0.1, -0.05) is 11.6 Å². The van der Waals surface area contributed by atoms with Gasteiger partial charge >= 0.3 is 5.97 Å². The van der Waals surface area contributed by atoms with Gasteiger partial charge in [0.2, 0.25) is 0 Å². The first-order valence-electron chi connectivity index (χ1n) is 4.94. The number of carbonyl (C=O) groups is 1. The van der Waals surface area contributed by atoms with Crippen LogP contribution in [0.1, 0.15) is 12.1 Å². The van der Waals surface area contributed by atoms with E-state index in [9.17, 15) is 4.79 Å². The van der Waals surface area contributed by atoms with Crippen LogP contribution in [0.15, 0.2) is 16.8 Å². The molecule has 0 saturated heterocycles. The number of thiazole rings is 1. The van der Waals surface area contributed by atoms with Crippen molar-refractivity contribution in [3.05, 3.63) is 27.5 Å². The van der Waals surface area contributed by atoms with Gasteiger partial charge in [0.05, 0.1) is 29.1 Å². The molecule has 6 heteroatoms. The third-order valence-corrected chi connectivity index (χ3v) is 4.48. The van der Waals surface area contributed by atoms with E-state index in [4.69, 9.17) is 11.6 Å². The number of hydrogen-bond donors (Lipinski definition) is 0. The van der Waals surface area contributed by atoms with Crippen molar-refractivity contribution >= 4 is 40.2 Å². The standard InChI is InChI=1S/C11H10ClNO2S2/c1-15-10(14)3-2-8-6-17-11(13-8)9-4-7(12)5-16-9/h4-6H,2-3H2,1H3. The van der Waals surface area contributed by atoms with Crippen molar-refractivity contribution in [2.75, 3.05) is 7.11 Å². The third-order valence-electron chi connectivity index (χ3n) is 2.14. The molecule has 0 aliphatic rings. The average Bonchev–Trinajstić information content (AvgIpc) is 2.94. The molecule has 0 unspecified atom stereocenters. The van der Waals surface area contributed by atoms with Crippen molar-refractivity contribution in [1.29, 1.82) is 0 Å². The second-order valence-electron chi connectivity index (χ2n) is 3.35. The van der Waals surface area contributed by atoms with Gasteiger partial charge in [0.1, 0.15) is 5.01 Å². The van der Waals surface area contributed by atoms with E-state index in [1.807, 2.05) is 16.8 Å². The van der Waals surface area contributed by atoms with Gasteiger partial charge in [0.25, 0.3) is 0 Å². The molecular formula is C11H10ClNO2S2. The highest BCUT2D eigenvalue weighted by Crippen LogP contribution is 2.31. The van der Waals surface area contributed by atoms with Crippen molar-refractivity contribution in [3.63, 3.8) is 0 Å². The highest BCUT2D eigenvalue weighted by Gasteiger charge is 2.08. The summed E-state index contributed by atoms with van der Waals surface area (Å²) in [5.74, 6) is -0.210. The first kappa shape index (κ1) is 12.5. The maximum atomic E-state index is 11.0. The van der Waals surface area contributed by atoms with E-state index in [-0.39, 0.29) is 5.97 Å². The number of aromatic nitrogens is 1. The monoisotopic (exact) mass is 287 g/mol. The summed E-state index contributed by atoms with van der Waals surface area (Å²) in [5, 5.41) is 5.52. The zero-order valence-electron chi connectivity index (χ0n) is 9.10. The summed E-state index contributed by atoms with van der Waals surface area (Å²) in [6.07, 6.45) is 0.979. The molecule has 2 heterocycles. The number of halogens is 1. The fraction of sp³-hybridized carbons (Fsp3) is 0.273. The van der Waals surface area contributed by atoms with Crippen molar-refractivity contribution in [2.45, 2.75) is 12.8 Å². The zero-order valence-corrected chi connectivity index (χ0v) is 11.5. The predicted molar refractivity (Wildman–Crippen MR) is 70.8 cm³/mol. The van der Waals surface area contributed by atoms with Crippen LogP contribution in [0.4, 0.5) is 0 Å². The normalized spacial score (nSPS) is 10.5. The van der Waals surface area contributed by atoms with Crippen LogP contribution in [0.5, 0.6) is 0 Å². The lowest BCUT2D eigenvalue weighted by atomic mass is 10.2. The summed E-state index contributed by atoms with van der Waals surface area (Å²) in [6.45, 7) is 0. The Morgan fingerprint density at radius 2 is 2.29 bits per heavy atom. The smallest absolute Gasteiger partial charge is 0.305 e. The molecule has 2 rings (SSSR count). The van der Waals surface area contributed by atoms with Gasteiger partial charge in [-0.2, -0.15) is 0 Å². The average molecular weight is 288 g/mol. The summed E-state index contributed by atoms with van der Waals surface area (Å²) >= 11 is 9.00. The molecule has 0 aliphatic carbocycles. The van der Waals surface area contributed by atoms with E-state index in [0.29, 0.717) is 12.8 Å². The molecule has 2 aromatic heterocycles. The summed E-state index contributed by atoms with van der Waals surface area (Å²) in [5.41, 5.74) is 0.917. The molecule has 0 atom stereocenters. The molecule has 90 valence electrons. The lowest BCUT2D eigenvalue weighted by Crippen LogP contribution is -2.01. The Hall–Kier alpha value is -0.910. The number of rotatable bonds is 4. The number of carbonyl (C=O) groups excluding carboxylic acids is 1. The SMILES string of the molecule is COC(=O)CCc1csc(-c2cc(Cl)cs2)n1. The summed E-state index contributed by atoms with van der Waals surface area (Å²) in [6, 6.07) is 1.90. The highest BCUT2D eigenvalue weighted by atomic mass is 35.5. The molecule has 2 aromatic rings. The number of thiophene rings is 1. The lowest BCUT2D eigenvalue weighted by molar-refractivity contribution is -0.140. The Kier molecular flexibility index (Phi) is 4.15. The van der Waals surface area contributed by atoms with Crippen LogP contribution in [0, 0.1) is 0 Å². The number of esters is 1. The van der Waals surface area contributed by atoms with Crippen LogP contribution in [0.25, 0.3) is 9.88 Å². The number of nitrogens with zero attached hydrogens (tertiary/aromatic N) is 1. The molecule has 0 aromatic carbocycles. The Morgan fingerprint density at radius 1 is 1.47 bits per heavy atom. The molecule has 0 bridgehead atoms. The van der Waals surface area contributed by atoms with Crippen LogP contribution in [-0.2, 0) is 16.0 Å². The molecule has 0 amide bonds. The molecule has 3 nitrogen and oxygen atoms in total. The van der Waals surface area contributed by atoms with Gasteiger partial charge in [0, 0.05) is 17.2 Å². The minimum absolute atomic E-state index is 0.210. The maximum Gasteiger partial charge on any atom is 0.305 e. The molecule has 17 heavy (non-hydrogen) atoms. The number of aryl methyl sites for hydroxylation is 1. The van der Waals surface area contributed by atoms with Gasteiger partial charge < -0.3 is 4.74 Å². The Bertz CT molecular complexity index is 521. The summed E-state index contributed by atoms with van der Waals surface area (Å²) < 4.78 is 4.59. The van der Waals surface area contributed by atoms with Gasteiger partial charge in [-0.15, -0.1) is 22.7 Å². The molecule has 0 radical (unpaired) electrons. The fourth-order valence-corrected chi connectivity index (χ4v) is 3.30. The Balaban J connectivity index is 2.03. The molecule has 0 N–H and O–H groups in total. The predicted octanol–water partition coefficient (Wildman–Crippen LogP) is 3.63. The first-order chi connectivity index (χ1) is 8.19. The van der Waals surface area contributed by atoms with Gasteiger partial charge in [0.15, 0.2) is 0 Å². The topological polar surface area (TPSA) is 39.2 Å². The second-order valence-corrected chi connectivity index (χ2v) is 5.56. The number of hydrogen-bond acceptors (Lipinski definition) is 5. The van der Waals surface area contributed by atoms with E-state index in [2.05, 4.69) is 9.72 Å². The zero-order chi connectivity index (χ0) is 12.3. The lowest BCUT2D eigenvalue weighted by Gasteiger charge is -1.95. The van der Waals surface area contributed by atoms with Crippen molar-refractivity contribution in [2.24, 2.45) is 0 Å². The highest BCUT2D eigenvalue weighted by molar-refractivity contribution is 7.20. The van der Waals surface area contributed by atoms with Crippen LogP contribution in [0.2, 0.25) is 5.02 Å². The van der Waals surface area contributed by atoms with E-state index in [1.165, 1.54) is 7.11 Å². The molecule has 0 spiro atoms. The molecule has 0 aliphatic heterocycles. The quantitative estimate of drug-likeness (QED) is 0.806. The van der Waals surface area contributed by atoms with E-state index >= 15 is 0 Å². The van der Waals surface area contributed by atoms with Crippen LogP contribution in [-0.4, -0.2) is 18.1 Å². The van der Waals surface area contributed by atoms with E-state index in [0.717, 1.165) is 20.6 Å². The molecular weight excluding hydrogens is 278 g/mol. The summed E-state index contributed by atoms with van der Waals surface area (Å²) in [7, 11) is 1.39. The van der Waals surface area contributed by atoms with Crippen molar-refractivity contribution in [3.8, 4) is 9.88 Å². The van der Waals surface area contributed by atoms with Crippen molar-refractivity contribution in [1.82, 2.24) is 4.98 Å². The minimum atomic E-state index is -0.210. The first-order valence-corrected chi connectivity index (χ1v) is 7.08. The van der Waals surface area contributed by atoms with Gasteiger partial charge in [-0.05, 0) is 6.07 Å². The maximum absolute atomic E-state index is 11.0. The van der Waals surface area contributed by atoms with Gasteiger partial charge in [-0.3, -0.25) is 4.79 Å². The number of ether oxygens (including phenoxy) is 1. The fourth-order valence-electron chi connectivity index (χ4n) is 1.29. The van der Waals surface area contributed by atoms with Crippen molar-refractivity contribution < 1.29 is 9.53 Å². The second kappa shape index (κ2) is 5.62. The Morgan fingerprint density at radius 3 is 2.94 bits per heavy atom. The largest absolute Gasteiger partial charge is 0.469 e. The molecule has 0 fully saturated rings. The minimum Gasteiger partial charge on any atom is -0.469 e. The third kappa shape index (κ3) is 3.28. The van der Waals surface area contributed by atoms with Crippen LogP contribution >= 0.6 is 34.3 Å². The van der Waals surface area contributed by atoms with E-state index < -0.39 is 0 Å².